The van der Waals surface area contributed by atoms with Gasteiger partial charge < -0.3 is 5.32 Å². The Morgan fingerprint density at radius 2 is 2.05 bits per heavy atom. The maximum atomic E-state index is 13.0. The molecule has 0 spiro atoms. The van der Waals surface area contributed by atoms with Crippen LogP contribution in [0.25, 0.3) is 0 Å². The Balaban J connectivity index is 1.70. The summed E-state index contributed by atoms with van der Waals surface area (Å²) in [7, 11) is 0. The number of carbonyl (C=O) groups is 1. The molecule has 0 aliphatic heterocycles. The number of hydrogen-bond acceptors (Lipinski definition) is 1. The molecule has 1 saturated carbocycles. The monoisotopic (exact) mass is 367 g/mol. The Labute approximate surface area is 135 Å². The lowest BCUT2D eigenvalue weighted by atomic mass is 10.1. The van der Waals surface area contributed by atoms with Crippen molar-refractivity contribution in [2.45, 2.75) is 12.3 Å². The van der Waals surface area contributed by atoms with Gasteiger partial charge >= 0.3 is 0 Å². The van der Waals surface area contributed by atoms with E-state index in [0.29, 0.717) is 15.2 Å². The van der Waals surface area contributed by atoms with Crippen molar-refractivity contribution >= 4 is 39.1 Å². The summed E-state index contributed by atoms with van der Waals surface area (Å²) in [6.45, 7) is 0. The molecule has 2 aromatic rings. The van der Waals surface area contributed by atoms with Crippen LogP contribution in [-0.4, -0.2) is 5.91 Å². The van der Waals surface area contributed by atoms with Crippen molar-refractivity contribution in [3.8, 4) is 0 Å². The number of benzene rings is 2. The van der Waals surface area contributed by atoms with Crippen LogP contribution in [0, 0.1) is 11.7 Å². The molecule has 1 aliphatic carbocycles. The molecule has 2 aromatic carbocycles. The van der Waals surface area contributed by atoms with Crippen LogP contribution in [-0.2, 0) is 4.79 Å². The zero-order valence-electron chi connectivity index (χ0n) is 10.9. The molecule has 0 aromatic heterocycles. The van der Waals surface area contributed by atoms with Crippen LogP contribution >= 0.6 is 27.5 Å². The van der Waals surface area contributed by atoms with E-state index in [0.717, 1.165) is 12.0 Å². The molecule has 5 heteroatoms. The molecule has 0 heterocycles. The lowest BCUT2D eigenvalue weighted by molar-refractivity contribution is -0.117. The summed E-state index contributed by atoms with van der Waals surface area (Å²) < 4.78 is 13.6. The third-order valence-electron chi connectivity index (χ3n) is 3.62. The van der Waals surface area contributed by atoms with Gasteiger partial charge in [-0.05, 0) is 58.1 Å². The second kappa shape index (κ2) is 5.78. The summed E-state index contributed by atoms with van der Waals surface area (Å²) in [5.41, 5.74) is 1.59. The number of amides is 1. The fourth-order valence-electron chi connectivity index (χ4n) is 2.42. The molecular formula is C16H12BrClFNO. The van der Waals surface area contributed by atoms with Gasteiger partial charge in [0, 0.05) is 15.4 Å². The van der Waals surface area contributed by atoms with Crippen molar-refractivity contribution in [3.63, 3.8) is 0 Å². The van der Waals surface area contributed by atoms with Gasteiger partial charge in [-0.2, -0.15) is 0 Å². The second-order valence-corrected chi connectivity index (χ2v) is 6.35. The molecule has 1 amide bonds. The van der Waals surface area contributed by atoms with Crippen molar-refractivity contribution in [1.29, 1.82) is 0 Å². The number of nitrogens with one attached hydrogen (secondary N) is 1. The van der Waals surface area contributed by atoms with Gasteiger partial charge in [0.05, 0.1) is 5.69 Å². The first-order chi connectivity index (χ1) is 10.1. The molecule has 2 unspecified atom stereocenters. The van der Waals surface area contributed by atoms with E-state index in [2.05, 4.69) is 21.2 Å². The molecule has 1 fully saturated rings. The molecule has 108 valence electrons. The van der Waals surface area contributed by atoms with Gasteiger partial charge in [-0.15, -0.1) is 0 Å². The van der Waals surface area contributed by atoms with Crippen LogP contribution in [0.15, 0.2) is 46.9 Å². The molecule has 0 bridgehead atoms. The Bertz CT molecular complexity index is 706. The molecule has 2 nitrogen and oxygen atoms in total. The second-order valence-electron chi connectivity index (χ2n) is 5.08. The number of carbonyl (C=O) groups excluding carboxylic acids is 1. The van der Waals surface area contributed by atoms with Crippen LogP contribution in [0.4, 0.5) is 10.1 Å². The Kier molecular flexibility index (Phi) is 4.00. The molecule has 21 heavy (non-hydrogen) atoms. The number of hydrogen-bond donors (Lipinski definition) is 1. The summed E-state index contributed by atoms with van der Waals surface area (Å²) in [6, 6.07) is 11.8. The highest BCUT2D eigenvalue weighted by molar-refractivity contribution is 9.10. The summed E-state index contributed by atoms with van der Waals surface area (Å²) in [4.78, 5) is 12.2. The van der Waals surface area contributed by atoms with Crippen LogP contribution in [0.5, 0.6) is 0 Å². The molecule has 1 aliphatic rings. The van der Waals surface area contributed by atoms with Gasteiger partial charge in [-0.1, -0.05) is 29.8 Å². The number of rotatable bonds is 3. The predicted molar refractivity (Wildman–Crippen MR) is 85.0 cm³/mol. The molecule has 0 saturated heterocycles. The Morgan fingerprint density at radius 1 is 1.29 bits per heavy atom. The third-order valence-corrected chi connectivity index (χ3v) is 4.62. The number of halogens is 3. The minimum absolute atomic E-state index is 0.0628. The first-order valence-electron chi connectivity index (χ1n) is 6.56. The normalized spacial score (nSPS) is 20.1. The summed E-state index contributed by atoms with van der Waals surface area (Å²) in [5, 5.41) is 3.52. The van der Waals surface area contributed by atoms with Crippen LogP contribution in [0.3, 0.4) is 0 Å². The average molecular weight is 369 g/mol. The first-order valence-corrected chi connectivity index (χ1v) is 7.73. The quantitative estimate of drug-likeness (QED) is 0.813. The van der Waals surface area contributed by atoms with E-state index in [1.807, 2.05) is 24.3 Å². The van der Waals surface area contributed by atoms with Crippen molar-refractivity contribution in [2.24, 2.45) is 5.92 Å². The summed E-state index contributed by atoms with van der Waals surface area (Å²) in [5.74, 6) is -0.327. The van der Waals surface area contributed by atoms with Gasteiger partial charge in [0.25, 0.3) is 0 Å². The highest BCUT2D eigenvalue weighted by atomic mass is 79.9. The van der Waals surface area contributed by atoms with E-state index in [1.165, 1.54) is 12.1 Å². The fourth-order valence-corrected chi connectivity index (χ4v) is 3.15. The van der Waals surface area contributed by atoms with Crippen LogP contribution in [0.2, 0.25) is 5.02 Å². The lowest BCUT2D eigenvalue weighted by Crippen LogP contribution is -2.15. The highest BCUT2D eigenvalue weighted by Crippen LogP contribution is 2.50. The van der Waals surface area contributed by atoms with Crippen molar-refractivity contribution in [1.82, 2.24) is 0 Å². The van der Waals surface area contributed by atoms with Gasteiger partial charge in [-0.3, -0.25) is 4.79 Å². The standard InChI is InChI=1S/C16H12BrClFNO/c17-13-7-9(19)5-6-15(13)20-16(21)12-8-11(12)10-3-1-2-4-14(10)18/h1-7,11-12H,8H2,(H,20,21). The molecule has 3 rings (SSSR count). The lowest BCUT2D eigenvalue weighted by Gasteiger charge is -2.08. The van der Waals surface area contributed by atoms with E-state index in [4.69, 9.17) is 11.6 Å². The third kappa shape index (κ3) is 3.11. The maximum absolute atomic E-state index is 13.0. The van der Waals surface area contributed by atoms with Gasteiger partial charge in [0.1, 0.15) is 5.82 Å². The molecular weight excluding hydrogens is 357 g/mol. The van der Waals surface area contributed by atoms with E-state index in [1.54, 1.807) is 6.07 Å². The SMILES string of the molecule is O=C(Nc1ccc(F)cc1Br)C1CC1c1ccccc1Cl. The summed E-state index contributed by atoms with van der Waals surface area (Å²) >= 11 is 9.39. The van der Waals surface area contributed by atoms with Crippen molar-refractivity contribution < 1.29 is 9.18 Å². The minimum atomic E-state index is -0.347. The highest BCUT2D eigenvalue weighted by Gasteiger charge is 2.44. The average Bonchev–Trinajstić information content (AvgIpc) is 3.23. The largest absolute Gasteiger partial charge is 0.325 e. The Hall–Kier alpha value is -1.39. The molecule has 0 radical (unpaired) electrons. The van der Waals surface area contributed by atoms with Crippen LogP contribution < -0.4 is 5.32 Å². The molecule has 2 atom stereocenters. The van der Waals surface area contributed by atoms with E-state index >= 15 is 0 Å². The first kappa shape index (κ1) is 14.5. The van der Waals surface area contributed by atoms with Crippen LogP contribution in [0.1, 0.15) is 17.9 Å². The molecule has 1 N–H and O–H groups in total. The maximum Gasteiger partial charge on any atom is 0.228 e. The van der Waals surface area contributed by atoms with Gasteiger partial charge in [0.2, 0.25) is 5.91 Å². The van der Waals surface area contributed by atoms with Gasteiger partial charge in [0.15, 0.2) is 0 Å². The van der Waals surface area contributed by atoms with Crippen molar-refractivity contribution in [3.05, 3.63) is 63.3 Å². The zero-order valence-corrected chi connectivity index (χ0v) is 13.3. The fraction of sp³-hybridized carbons (Fsp3) is 0.188. The Morgan fingerprint density at radius 3 is 2.76 bits per heavy atom. The van der Waals surface area contributed by atoms with Crippen molar-refractivity contribution in [2.75, 3.05) is 5.32 Å². The van der Waals surface area contributed by atoms with E-state index < -0.39 is 0 Å². The number of anilines is 1. The summed E-state index contributed by atoms with van der Waals surface area (Å²) in [6.07, 6.45) is 0.786. The zero-order chi connectivity index (χ0) is 15.0. The van der Waals surface area contributed by atoms with E-state index in [-0.39, 0.29) is 23.6 Å². The topological polar surface area (TPSA) is 29.1 Å². The van der Waals surface area contributed by atoms with E-state index in [9.17, 15) is 9.18 Å². The minimum Gasteiger partial charge on any atom is -0.325 e. The smallest absolute Gasteiger partial charge is 0.228 e. The predicted octanol–water partition coefficient (Wildman–Crippen LogP) is 4.98. The van der Waals surface area contributed by atoms with Gasteiger partial charge in [-0.25, -0.2) is 4.39 Å².